The fourth-order valence-electron chi connectivity index (χ4n) is 2.19. The standard InChI is InChI=1S/C17H21NO2S.C2H6/c1-21(19,20)13-12-18(14-16-8-4-2-5-9-16)15-17-10-6-3-7-11-17;1-2/h2-11H,12-15H2,1H3;1-2H3. The van der Waals surface area contributed by atoms with Crippen LogP contribution in [0.2, 0.25) is 0 Å². The Morgan fingerprint density at radius 3 is 1.52 bits per heavy atom. The number of rotatable bonds is 7. The van der Waals surface area contributed by atoms with Crippen molar-refractivity contribution in [2.45, 2.75) is 26.9 Å². The van der Waals surface area contributed by atoms with E-state index in [2.05, 4.69) is 29.2 Å². The Kier molecular flexibility index (Phi) is 8.59. The van der Waals surface area contributed by atoms with E-state index in [4.69, 9.17) is 0 Å². The highest BCUT2D eigenvalue weighted by Gasteiger charge is 2.10. The number of benzene rings is 2. The number of sulfone groups is 1. The van der Waals surface area contributed by atoms with Crippen LogP contribution < -0.4 is 0 Å². The Balaban J connectivity index is 0.00000127. The molecule has 0 spiro atoms. The van der Waals surface area contributed by atoms with Crippen molar-refractivity contribution in [1.82, 2.24) is 4.90 Å². The minimum atomic E-state index is -2.95. The molecule has 0 amide bonds. The molecule has 0 aliphatic heterocycles. The first-order chi connectivity index (χ1) is 11.0. The number of nitrogens with zero attached hydrogens (tertiary/aromatic N) is 1. The first-order valence-electron chi connectivity index (χ1n) is 8.01. The third-order valence-corrected chi connectivity index (χ3v) is 4.20. The minimum absolute atomic E-state index is 0.187. The molecule has 4 heteroatoms. The largest absolute Gasteiger partial charge is 0.294 e. The molecule has 0 unspecified atom stereocenters. The predicted octanol–water partition coefficient (Wildman–Crippen LogP) is 3.76. The Labute approximate surface area is 140 Å². The molecule has 0 aromatic heterocycles. The van der Waals surface area contributed by atoms with Crippen LogP contribution in [0.4, 0.5) is 0 Å². The van der Waals surface area contributed by atoms with Gasteiger partial charge in [0, 0.05) is 25.9 Å². The van der Waals surface area contributed by atoms with E-state index in [-0.39, 0.29) is 5.75 Å². The Morgan fingerprint density at radius 1 is 0.783 bits per heavy atom. The summed E-state index contributed by atoms with van der Waals surface area (Å²) in [6.45, 7) is 6.05. The fraction of sp³-hybridized carbons (Fsp3) is 0.368. The summed E-state index contributed by atoms with van der Waals surface area (Å²) in [5.74, 6) is 0.187. The maximum atomic E-state index is 11.4. The van der Waals surface area contributed by atoms with Crippen LogP contribution in [0.15, 0.2) is 60.7 Å². The molecule has 0 atom stereocenters. The van der Waals surface area contributed by atoms with Crippen LogP contribution in [0.3, 0.4) is 0 Å². The maximum Gasteiger partial charge on any atom is 0.148 e. The van der Waals surface area contributed by atoms with E-state index in [1.165, 1.54) is 17.4 Å². The summed E-state index contributed by atoms with van der Waals surface area (Å²) < 4.78 is 22.8. The van der Waals surface area contributed by atoms with Gasteiger partial charge in [-0.15, -0.1) is 0 Å². The molecule has 3 nitrogen and oxygen atoms in total. The first kappa shape index (κ1) is 19.4. The molecule has 0 N–H and O–H groups in total. The molecule has 0 radical (unpaired) electrons. The molecule has 0 aliphatic rings. The van der Waals surface area contributed by atoms with Crippen LogP contribution in [-0.4, -0.2) is 31.9 Å². The lowest BCUT2D eigenvalue weighted by molar-refractivity contribution is 0.272. The van der Waals surface area contributed by atoms with Gasteiger partial charge in [0.1, 0.15) is 9.84 Å². The van der Waals surface area contributed by atoms with Gasteiger partial charge >= 0.3 is 0 Å². The van der Waals surface area contributed by atoms with E-state index in [1.807, 2.05) is 50.2 Å². The van der Waals surface area contributed by atoms with Gasteiger partial charge in [0.15, 0.2) is 0 Å². The first-order valence-corrected chi connectivity index (χ1v) is 10.1. The zero-order valence-electron chi connectivity index (χ0n) is 14.3. The second-order valence-electron chi connectivity index (χ2n) is 5.31. The van der Waals surface area contributed by atoms with Crippen molar-refractivity contribution in [3.63, 3.8) is 0 Å². The molecule has 2 aromatic carbocycles. The molecular weight excluding hydrogens is 306 g/mol. The Bertz CT molecular complexity index is 598. The van der Waals surface area contributed by atoms with Crippen LogP contribution in [0.5, 0.6) is 0 Å². The molecule has 0 saturated carbocycles. The zero-order chi connectivity index (χ0) is 17.1. The van der Waals surface area contributed by atoms with Crippen molar-refractivity contribution in [2.75, 3.05) is 18.6 Å². The van der Waals surface area contributed by atoms with E-state index in [1.54, 1.807) is 0 Å². The van der Waals surface area contributed by atoms with Crippen LogP contribution in [-0.2, 0) is 22.9 Å². The number of hydrogen-bond donors (Lipinski definition) is 0. The molecule has 23 heavy (non-hydrogen) atoms. The predicted molar refractivity (Wildman–Crippen MR) is 98.1 cm³/mol. The lowest BCUT2D eigenvalue weighted by atomic mass is 10.1. The van der Waals surface area contributed by atoms with Gasteiger partial charge in [-0.2, -0.15) is 0 Å². The smallest absolute Gasteiger partial charge is 0.148 e. The molecular formula is C19H27NO2S. The van der Waals surface area contributed by atoms with Gasteiger partial charge in [-0.25, -0.2) is 8.42 Å². The van der Waals surface area contributed by atoms with Crippen molar-refractivity contribution in [3.8, 4) is 0 Å². The van der Waals surface area contributed by atoms with Crippen molar-refractivity contribution >= 4 is 9.84 Å². The number of hydrogen-bond acceptors (Lipinski definition) is 3. The van der Waals surface area contributed by atoms with E-state index in [0.717, 1.165) is 13.1 Å². The lowest BCUT2D eigenvalue weighted by Crippen LogP contribution is -2.28. The summed E-state index contributed by atoms with van der Waals surface area (Å²) in [6.07, 6.45) is 1.29. The minimum Gasteiger partial charge on any atom is -0.294 e. The normalized spacial score (nSPS) is 11.0. The lowest BCUT2D eigenvalue weighted by Gasteiger charge is -2.22. The topological polar surface area (TPSA) is 37.4 Å². The monoisotopic (exact) mass is 333 g/mol. The summed E-state index contributed by atoms with van der Waals surface area (Å²) in [4.78, 5) is 2.17. The quantitative estimate of drug-likeness (QED) is 0.774. The molecule has 0 fully saturated rings. The van der Waals surface area contributed by atoms with Crippen molar-refractivity contribution < 1.29 is 8.42 Å². The molecule has 2 rings (SSSR count). The second-order valence-corrected chi connectivity index (χ2v) is 7.57. The highest BCUT2D eigenvalue weighted by Crippen LogP contribution is 2.10. The van der Waals surface area contributed by atoms with Crippen molar-refractivity contribution in [2.24, 2.45) is 0 Å². The Morgan fingerprint density at radius 2 is 1.17 bits per heavy atom. The second kappa shape index (κ2) is 10.2. The molecule has 0 heterocycles. The summed E-state index contributed by atoms with van der Waals surface area (Å²) >= 11 is 0. The van der Waals surface area contributed by atoms with Gasteiger partial charge in [0.25, 0.3) is 0 Å². The van der Waals surface area contributed by atoms with E-state index < -0.39 is 9.84 Å². The Hall–Kier alpha value is -1.65. The van der Waals surface area contributed by atoms with Crippen LogP contribution >= 0.6 is 0 Å². The summed E-state index contributed by atoms with van der Waals surface area (Å²) in [5.41, 5.74) is 2.39. The van der Waals surface area contributed by atoms with E-state index in [9.17, 15) is 8.42 Å². The highest BCUT2D eigenvalue weighted by molar-refractivity contribution is 7.90. The van der Waals surface area contributed by atoms with Gasteiger partial charge in [-0.05, 0) is 11.1 Å². The fourth-order valence-corrected chi connectivity index (χ4v) is 2.78. The summed E-state index contributed by atoms with van der Waals surface area (Å²) in [6, 6.07) is 20.3. The molecule has 2 aromatic rings. The van der Waals surface area contributed by atoms with Gasteiger partial charge in [-0.3, -0.25) is 4.90 Å². The molecule has 0 aliphatic carbocycles. The molecule has 0 saturated heterocycles. The summed E-state index contributed by atoms with van der Waals surface area (Å²) in [5, 5.41) is 0. The van der Waals surface area contributed by atoms with Crippen molar-refractivity contribution in [3.05, 3.63) is 71.8 Å². The average molecular weight is 333 g/mol. The van der Waals surface area contributed by atoms with Crippen LogP contribution in [0, 0.1) is 0 Å². The SMILES string of the molecule is CC.CS(=O)(=O)CCN(Cc1ccccc1)Cc1ccccc1. The van der Waals surface area contributed by atoms with E-state index in [0.29, 0.717) is 6.54 Å². The average Bonchev–Trinajstić information content (AvgIpc) is 2.56. The van der Waals surface area contributed by atoms with Crippen LogP contribution in [0.1, 0.15) is 25.0 Å². The van der Waals surface area contributed by atoms with Gasteiger partial charge in [0.2, 0.25) is 0 Å². The highest BCUT2D eigenvalue weighted by atomic mass is 32.2. The maximum absolute atomic E-state index is 11.4. The van der Waals surface area contributed by atoms with Crippen LogP contribution in [0.25, 0.3) is 0 Å². The van der Waals surface area contributed by atoms with Gasteiger partial charge < -0.3 is 0 Å². The van der Waals surface area contributed by atoms with Crippen molar-refractivity contribution in [1.29, 1.82) is 0 Å². The third kappa shape index (κ3) is 8.53. The van der Waals surface area contributed by atoms with Gasteiger partial charge in [-0.1, -0.05) is 74.5 Å². The summed E-state index contributed by atoms with van der Waals surface area (Å²) in [7, 11) is -2.95. The zero-order valence-corrected chi connectivity index (χ0v) is 15.1. The molecule has 126 valence electrons. The molecule has 0 bridgehead atoms. The van der Waals surface area contributed by atoms with E-state index >= 15 is 0 Å². The van der Waals surface area contributed by atoms with Gasteiger partial charge in [0.05, 0.1) is 5.75 Å². The third-order valence-electron chi connectivity index (χ3n) is 3.28.